The van der Waals surface area contributed by atoms with E-state index in [4.69, 9.17) is 5.73 Å². The molecule has 0 aromatic heterocycles. The van der Waals surface area contributed by atoms with Crippen LogP contribution in [0, 0.1) is 52.2 Å². The molecule has 0 bridgehead atoms. The van der Waals surface area contributed by atoms with E-state index in [1.807, 2.05) is 37.3 Å². The quantitative estimate of drug-likeness (QED) is 0.852. The Bertz CT molecular complexity index is 845. The molecular formula is C19H16N4S. The highest BCUT2D eigenvalue weighted by Crippen LogP contribution is 2.54. The predicted octanol–water partition coefficient (Wildman–Crippen LogP) is 3.15. The van der Waals surface area contributed by atoms with Crippen molar-refractivity contribution in [2.75, 3.05) is 11.5 Å². The molecule has 2 atom stereocenters. The lowest BCUT2D eigenvalue weighted by atomic mass is 9.59. The van der Waals surface area contributed by atoms with Crippen molar-refractivity contribution in [2.45, 2.75) is 12.8 Å². The number of nitrogens with two attached hydrogens (primary N) is 1. The molecule has 2 N–H and O–H groups in total. The number of aryl methyl sites for hydroxylation is 1. The van der Waals surface area contributed by atoms with Gasteiger partial charge in [0, 0.05) is 23.3 Å². The molecule has 0 fully saturated rings. The summed E-state index contributed by atoms with van der Waals surface area (Å²) in [5.41, 5.74) is 8.03. The van der Waals surface area contributed by atoms with Gasteiger partial charge in [-0.3, -0.25) is 0 Å². The van der Waals surface area contributed by atoms with Gasteiger partial charge in [-0.15, -0.1) is 0 Å². The Hall–Kier alpha value is -2.68. The number of nitrogens with zero attached hydrogens (tertiary/aromatic N) is 3. The number of rotatable bonds is 1. The molecule has 0 saturated heterocycles. The Morgan fingerprint density at radius 2 is 1.83 bits per heavy atom. The summed E-state index contributed by atoms with van der Waals surface area (Å²) in [7, 11) is 0. The highest BCUT2D eigenvalue weighted by atomic mass is 32.2. The second kappa shape index (κ2) is 6.08. The van der Waals surface area contributed by atoms with E-state index in [1.54, 1.807) is 11.8 Å². The zero-order chi connectivity index (χ0) is 17.3. The molecule has 1 heterocycles. The first kappa shape index (κ1) is 16.2. The summed E-state index contributed by atoms with van der Waals surface area (Å²) in [6.07, 6.45) is 2.02. The van der Waals surface area contributed by atoms with Crippen LogP contribution in [-0.4, -0.2) is 11.5 Å². The lowest BCUT2D eigenvalue weighted by Crippen LogP contribution is -2.43. The molecule has 1 aromatic carbocycles. The molecule has 118 valence electrons. The third-order valence-corrected chi connectivity index (χ3v) is 5.87. The van der Waals surface area contributed by atoms with Crippen molar-refractivity contribution >= 4 is 11.8 Å². The molecule has 4 nitrogen and oxygen atoms in total. The summed E-state index contributed by atoms with van der Waals surface area (Å²) >= 11 is 1.75. The second-order valence-corrected chi connectivity index (χ2v) is 7.20. The van der Waals surface area contributed by atoms with E-state index in [0.717, 1.165) is 28.2 Å². The normalized spacial score (nSPS) is 24.8. The minimum Gasteiger partial charge on any atom is -0.399 e. The van der Waals surface area contributed by atoms with E-state index in [1.165, 1.54) is 0 Å². The van der Waals surface area contributed by atoms with Gasteiger partial charge in [-0.25, -0.2) is 0 Å². The molecule has 1 aliphatic heterocycles. The van der Waals surface area contributed by atoms with E-state index in [2.05, 4.69) is 18.2 Å². The number of fused-ring (bicyclic) bond motifs is 1. The first-order chi connectivity index (χ1) is 11.6. The lowest BCUT2D eigenvalue weighted by Gasteiger charge is -2.43. The fourth-order valence-electron chi connectivity index (χ4n) is 3.64. The average molecular weight is 332 g/mol. The number of allylic oxidation sites excluding steroid dienone is 3. The smallest absolute Gasteiger partial charge is 0.191 e. The van der Waals surface area contributed by atoms with Crippen LogP contribution < -0.4 is 5.73 Å². The van der Waals surface area contributed by atoms with E-state index in [0.29, 0.717) is 5.57 Å². The molecule has 24 heavy (non-hydrogen) atoms. The molecule has 0 radical (unpaired) electrons. The summed E-state index contributed by atoms with van der Waals surface area (Å²) in [4.78, 5) is 0. The van der Waals surface area contributed by atoms with Crippen LogP contribution in [0.15, 0.2) is 47.2 Å². The SMILES string of the molecule is Cc1ccc([C@H]2[C@@H]3CSCC=C3C(C#N)=C(N)C2(C#N)C#N)cc1. The molecule has 0 spiro atoms. The van der Waals surface area contributed by atoms with E-state index < -0.39 is 5.41 Å². The lowest BCUT2D eigenvalue weighted by molar-refractivity contribution is 0.368. The Balaban J connectivity index is 2.31. The van der Waals surface area contributed by atoms with Gasteiger partial charge < -0.3 is 5.73 Å². The third-order valence-electron chi connectivity index (χ3n) is 4.87. The molecule has 0 unspecified atom stereocenters. The van der Waals surface area contributed by atoms with Crippen LogP contribution in [-0.2, 0) is 0 Å². The number of hydrogen-bond acceptors (Lipinski definition) is 5. The Morgan fingerprint density at radius 1 is 1.17 bits per heavy atom. The zero-order valence-corrected chi connectivity index (χ0v) is 14.1. The van der Waals surface area contributed by atoms with Crippen LogP contribution in [0.4, 0.5) is 0 Å². The van der Waals surface area contributed by atoms with Crippen molar-refractivity contribution in [3.05, 3.63) is 58.3 Å². The van der Waals surface area contributed by atoms with Gasteiger partial charge in [-0.1, -0.05) is 35.9 Å². The number of hydrogen-bond donors (Lipinski definition) is 1. The number of thioether (sulfide) groups is 1. The molecule has 5 heteroatoms. The molecule has 3 rings (SSSR count). The topological polar surface area (TPSA) is 97.4 Å². The maximum atomic E-state index is 9.88. The highest BCUT2D eigenvalue weighted by Gasteiger charge is 2.53. The van der Waals surface area contributed by atoms with Gasteiger partial charge in [0.2, 0.25) is 0 Å². The number of benzene rings is 1. The van der Waals surface area contributed by atoms with Gasteiger partial charge >= 0.3 is 0 Å². The minimum atomic E-state index is -1.51. The number of nitriles is 3. The highest BCUT2D eigenvalue weighted by molar-refractivity contribution is 7.99. The Labute approximate surface area is 145 Å². The first-order valence-corrected chi connectivity index (χ1v) is 8.82. The largest absolute Gasteiger partial charge is 0.399 e. The van der Waals surface area contributed by atoms with Crippen LogP contribution in [0.25, 0.3) is 0 Å². The maximum absolute atomic E-state index is 9.88. The fourth-order valence-corrected chi connectivity index (χ4v) is 4.69. The average Bonchev–Trinajstić information content (AvgIpc) is 2.62. The predicted molar refractivity (Wildman–Crippen MR) is 93.3 cm³/mol. The van der Waals surface area contributed by atoms with E-state index >= 15 is 0 Å². The van der Waals surface area contributed by atoms with Crippen molar-refractivity contribution in [2.24, 2.45) is 17.1 Å². The van der Waals surface area contributed by atoms with Crippen molar-refractivity contribution in [1.82, 2.24) is 0 Å². The van der Waals surface area contributed by atoms with Crippen LogP contribution >= 0.6 is 11.8 Å². The Morgan fingerprint density at radius 3 is 2.42 bits per heavy atom. The molecule has 2 aliphatic rings. The van der Waals surface area contributed by atoms with Crippen molar-refractivity contribution < 1.29 is 0 Å². The summed E-state index contributed by atoms with van der Waals surface area (Å²) in [5.74, 6) is 1.15. The summed E-state index contributed by atoms with van der Waals surface area (Å²) < 4.78 is 0. The third kappa shape index (κ3) is 2.20. The monoisotopic (exact) mass is 332 g/mol. The van der Waals surface area contributed by atoms with E-state index in [9.17, 15) is 15.8 Å². The second-order valence-electron chi connectivity index (χ2n) is 6.12. The van der Waals surface area contributed by atoms with Gasteiger partial charge in [0.1, 0.15) is 6.07 Å². The summed E-state index contributed by atoms with van der Waals surface area (Å²) in [6.45, 7) is 2.00. The summed E-state index contributed by atoms with van der Waals surface area (Å²) in [6, 6.07) is 14.3. The van der Waals surface area contributed by atoms with Gasteiger partial charge in [0.25, 0.3) is 0 Å². The molecule has 1 aromatic rings. The first-order valence-electron chi connectivity index (χ1n) is 7.66. The van der Waals surface area contributed by atoms with Gasteiger partial charge in [-0.05, 0) is 18.1 Å². The minimum absolute atomic E-state index is 0.0623. The molecular weight excluding hydrogens is 316 g/mol. The molecule has 0 saturated carbocycles. The van der Waals surface area contributed by atoms with Crippen LogP contribution in [0.3, 0.4) is 0 Å². The standard InChI is InChI=1S/C19H16N4S/c1-12-2-4-13(5-3-12)17-16-9-24-7-6-14(16)15(8-20)18(23)19(17,10-21)11-22/h2-6,16-17H,7,9,23H2,1H3/t16-,17+/m1/s1. The van der Waals surface area contributed by atoms with Crippen LogP contribution in [0.5, 0.6) is 0 Å². The van der Waals surface area contributed by atoms with Gasteiger partial charge in [0.15, 0.2) is 5.41 Å². The Kier molecular flexibility index (Phi) is 4.10. The van der Waals surface area contributed by atoms with Crippen molar-refractivity contribution in [3.63, 3.8) is 0 Å². The maximum Gasteiger partial charge on any atom is 0.191 e. The van der Waals surface area contributed by atoms with Crippen LogP contribution in [0.2, 0.25) is 0 Å². The molecule has 0 amide bonds. The van der Waals surface area contributed by atoms with Crippen LogP contribution in [0.1, 0.15) is 17.0 Å². The van der Waals surface area contributed by atoms with Gasteiger partial charge in [0.05, 0.1) is 23.4 Å². The fraction of sp³-hybridized carbons (Fsp3) is 0.316. The van der Waals surface area contributed by atoms with E-state index in [-0.39, 0.29) is 17.5 Å². The van der Waals surface area contributed by atoms with Crippen molar-refractivity contribution in [1.29, 1.82) is 15.8 Å². The van der Waals surface area contributed by atoms with Gasteiger partial charge in [-0.2, -0.15) is 27.5 Å². The zero-order valence-electron chi connectivity index (χ0n) is 13.3. The summed E-state index contributed by atoms with van der Waals surface area (Å²) in [5, 5.41) is 29.3. The molecule has 1 aliphatic carbocycles. The van der Waals surface area contributed by atoms with Crippen molar-refractivity contribution in [3.8, 4) is 18.2 Å².